The van der Waals surface area contributed by atoms with E-state index in [4.69, 9.17) is 5.11 Å². The van der Waals surface area contributed by atoms with Gasteiger partial charge in [0.15, 0.2) is 16.5 Å². The maximum Gasteiger partial charge on any atom is 0.434 e. The highest BCUT2D eigenvalue weighted by atomic mass is 32.1. The van der Waals surface area contributed by atoms with Crippen LogP contribution < -0.4 is 0 Å². The molecule has 2 heterocycles. The Kier molecular flexibility index (Phi) is 2.68. The van der Waals surface area contributed by atoms with Crippen LogP contribution in [0.2, 0.25) is 0 Å². The molecule has 0 atom stereocenters. The standard InChI is InChI=1S/C8H6F3N3OS/c9-8(10,11)5-2-12-6(14-5)7-13-1-4(3-15)16-7/h1-2,15H,3H2,(H,12,14). The molecule has 0 saturated carbocycles. The Bertz CT molecular complexity index is 491. The van der Waals surface area contributed by atoms with Gasteiger partial charge in [-0.15, -0.1) is 11.3 Å². The van der Waals surface area contributed by atoms with Gasteiger partial charge >= 0.3 is 6.18 Å². The number of aliphatic hydroxyl groups excluding tert-OH is 1. The van der Waals surface area contributed by atoms with Gasteiger partial charge < -0.3 is 10.1 Å². The van der Waals surface area contributed by atoms with Crippen molar-refractivity contribution >= 4 is 11.3 Å². The molecule has 0 aromatic carbocycles. The summed E-state index contributed by atoms with van der Waals surface area (Å²) in [6.07, 6.45) is -2.28. The number of nitrogens with zero attached hydrogens (tertiary/aromatic N) is 2. The van der Waals surface area contributed by atoms with Crippen LogP contribution in [0.15, 0.2) is 12.4 Å². The van der Waals surface area contributed by atoms with Crippen LogP contribution in [0, 0.1) is 0 Å². The number of alkyl halides is 3. The smallest absolute Gasteiger partial charge is 0.391 e. The third-order valence-electron chi connectivity index (χ3n) is 1.78. The fourth-order valence-corrected chi connectivity index (χ4v) is 1.79. The lowest BCUT2D eigenvalue weighted by Gasteiger charge is -1.98. The van der Waals surface area contributed by atoms with Crippen molar-refractivity contribution in [1.29, 1.82) is 0 Å². The molecule has 0 bridgehead atoms. The van der Waals surface area contributed by atoms with E-state index in [0.717, 1.165) is 17.5 Å². The Morgan fingerprint density at radius 1 is 1.44 bits per heavy atom. The zero-order chi connectivity index (χ0) is 11.8. The van der Waals surface area contributed by atoms with Gasteiger partial charge in [0.1, 0.15) is 0 Å². The number of halogens is 3. The number of aromatic nitrogens is 3. The number of rotatable bonds is 2. The molecular weight excluding hydrogens is 243 g/mol. The second-order valence-corrected chi connectivity index (χ2v) is 4.04. The van der Waals surface area contributed by atoms with Gasteiger partial charge in [0, 0.05) is 12.4 Å². The Labute approximate surface area is 91.8 Å². The van der Waals surface area contributed by atoms with E-state index in [9.17, 15) is 13.2 Å². The Morgan fingerprint density at radius 3 is 2.69 bits per heavy atom. The van der Waals surface area contributed by atoms with E-state index in [1.54, 1.807) is 0 Å². The number of hydrogen-bond donors (Lipinski definition) is 2. The van der Waals surface area contributed by atoms with Gasteiger partial charge in [0.2, 0.25) is 0 Å². The van der Waals surface area contributed by atoms with Crippen molar-refractivity contribution in [2.24, 2.45) is 0 Å². The highest BCUT2D eigenvalue weighted by Gasteiger charge is 2.34. The lowest BCUT2D eigenvalue weighted by atomic mass is 10.5. The quantitative estimate of drug-likeness (QED) is 0.856. The van der Waals surface area contributed by atoms with Crippen LogP contribution in [-0.4, -0.2) is 20.1 Å². The molecular formula is C8H6F3N3OS. The number of thiazole rings is 1. The SMILES string of the molecule is OCc1cnc(-c2nc(C(F)(F)F)c[nH]2)s1. The predicted molar refractivity (Wildman–Crippen MR) is 50.6 cm³/mol. The molecule has 2 aromatic heterocycles. The zero-order valence-corrected chi connectivity index (χ0v) is 8.56. The predicted octanol–water partition coefficient (Wildman–Crippen LogP) is 2.04. The monoisotopic (exact) mass is 249 g/mol. The van der Waals surface area contributed by atoms with Gasteiger partial charge in [-0.25, -0.2) is 9.97 Å². The van der Waals surface area contributed by atoms with Gasteiger partial charge in [-0.05, 0) is 0 Å². The molecule has 0 aliphatic heterocycles. The first kappa shape index (κ1) is 11.1. The van der Waals surface area contributed by atoms with Crippen molar-refractivity contribution in [1.82, 2.24) is 15.0 Å². The molecule has 0 fully saturated rings. The number of hydrogen-bond acceptors (Lipinski definition) is 4. The summed E-state index contributed by atoms with van der Waals surface area (Å²) in [6.45, 7) is -0.190. The highest BCUT2D eigenvalue weighted by molar-refractivity contribution is 7.14. The third kappa shape index (κ3) is 2.07. The summed E-state index contributed by atoms with van der Waals surface area (Å²) >= 11 is 1.09. The van der Waals surface area contributed by atoms with Crippen molar-refractivity contribution in [3.8, 4) is 10.8 Å². The first-order valence-corrected chi connectivity index (χ1v) is 5.01. The normalized spacial score (nSPS) is 12.0. The minimum Gasteiger partial charge on any atom is -0.391 e. The number of nitrogens with one attached hydrogen (secondary N) is 1. The Balaban J connectivity index is 2.31. The summed E-state index contributed by atoms with van der Waals surface area (Å²) in [5.41, 5.74) is -0.983. The van der Waals surface area contributed by atoms with Crippen molar-refractivity contribution in [3.05, 3.63) is 23.0 Å². The molecule has 4 nitrogen and oxygen atoms in total. The van der Waals surface area contributed by atoms with E-state index in [1.165, 1.54) is 6.20 Å². The third-order valence-corrected chi connectivity index (χ3v) is 2.77. The Morgan fingerprint density at radius 2 is 2.19 bits per heavy atom. The van der Waals surface area contributed by atoms with Crippen LogP contribution in [0.5, 0.6) is 0 Å². The summed E-state index contributed by atoms with van der Waals surface area (Å²) in [6, 6.07) is 0. The lowest BCUT2D eigenvalue weighted by Crippen LogP contribution is -2.04. The molecule has 2 N–H and O–H groups in total. The van der Waals surface area contributed by atoms with Gasteiger partial charge in [0.05, 0.1) is 11.5 Å². The Hall–Kier alpha value is -1.41. The fourth-order valence-electron chi connectivity index (χ4n) is 1.07. The van der Waals surface area contributed by atoms with Crippen molar-refractivity contribution in [2.75, 3.05) is 0 Å². The molecule has 86 valence electrons. The molecule has 0 radical (unpaired) electrons. The van der Waals surface area contributed by atoms with Crippen LogP contribution in [0.3, 0.4) is 0 Å². The minimum atomic E-state index is -4.47. The van der Waals surface area contributed by atoms with Crippen molar-refractivity contribution < 1.29 is 18.3 Å². The molecule has 2 aromatic rings. The molecule has 0 amide bonds. The summed E-state index contributed by atoms with van der Waals surface area (Å²) in [5, 5.41) is 9.11. The molecule has 2 rings (SSSR count). The van der Waals surface area contributed by atoms with Crippen LogP contribution >= 0.6 is 11.3 Å². The lowest BCUT2D eigenvalue weighted by molar-refractivity contribution is -0.140. The second-order valence-electron chi connectivity index (χ2n) is 2.92. The molecule has 0 spiro atoms. The van der Waals surface area contributed by atoms with Gasteiger partial charge in [0.25, 0.3) is 0 Å². The summed E-state index contributed by atoms with van der Waals surface area (Å²) in [5.74, 6) is 0.0528. The first-order valence-electron chi connectivity index (χ1n) is 4.19. The zero-order valence-electron chi connectivity index (χ0n) is 7.75. The first-order chi connectivity index (χ1) is 7.50. The van der Waals surface area contributed by atoms with E-state index in [2.05, 4.69) is 15.0 Å². The molecule has 0 unspecified atom stereocenters. The topological polar surface area (TPSA) is 61.8 Å². The van der Waals surface area contributed by atoms with Gasteiger partial charge in [-0.3, -0.25) is 0 Å². The van der Waals surface area contributed by atoms with Gasteiger partial charge in [-0.2, -0.15) is 13.2 Å². The largest absolute Gasteiger partial charge is 0.434 e. The van der Waals surface area contributed by atoms with E-state index >= 15 is 0 Å². The minimum absolute atomic E-state index is 0.0528. The molecule has 0 saturated heterocycles. The average molecular weight is 249 g/mol. The number of aromatic amines is 1. The average Bonchev–Trinajstić information content (AvgIpc) is 2.85. The number of aliphatic hydroxyl groups is 1. The molecule has 0 aliphatic rings. The number of imidazole rings is 1. The number of H-pyrrole nitrogens is 1. The molecule has 8 heteroatoms. The summed E-state index contributed by atoms with van der Waals surface area (Å²) in [7, 11) is 0. The summed E-state index contributed by atoms with van der Waals surface area (Å²) < 4.78 is 36.7. The van der Waals surface area contributed by atoms with Gasteiger partial charge in [-0.1, -0.05) is 0 Å². The van der Waals surface area contributed by atoms with Crippen LogP contribution in [0.4, 0.5) is 13.2 Å². The van der Waals surface area contributed by atoms with E-state index in [0.29, 0.717) is 9.88 Å². The van der Waals surface area contributed by atoms with Crippen molar-refractivity contribution in [3.63, 3.8) is 0 Å². The van der Waals surface area contributed by atoms with E-state index in [1.807, 2.05) is 0 Å². The second kappa shape index (κ2) is 3.87. The summed E-state index contributed by atoms with van der Waals surface area (Å²) in [4.78, 5) is 10.2. The van der Waals surface area contributed by atoms with E-state index < -0.39 is 11.9 Å². The highest BCUT2D eigenvalue weighted by Crippen LogP contribution is 2.30. The van der Waals surface area contributed by atoms with Crippen LogP contribution in [-0.2, 0) is 12.8 Å². The van der Waals surface area contributed by atoms with Crippen molar-refractivity contribution in [2.45, 2.75) is 12.8 Å². The van der Waals surface area contributed by atoms with Crippen LogP contribution in [0.1, 0.15) is 10.6 Å². The van der Waals surface area contributed by atoms with E-state index in [-0.39, 0.29) is 12.4 Å². The molecule has 16 heavy (non-hydrogen) atoms. The fraction of sp³-hybridized carbons (Fsp3) is 0.250. The van der Waals surface area contributed by atoms with Crippen LogP contribution in [0.25, 0.3) is 10.8 Å². The molecule has 0 aliphatic carbocycles. The maximum absolute atomic E-state index is 12.2. The maximum atomic E-state index is 12.2.